The highest BCUT2D eigenvalue weighted by molar-refractivity contribution is 5.32. The number of carboxylic acid groups (broad SMARTS) is 1. The second-order valence-corrected chi connectivity index (χ2v) is 5.64. The average molecular weight is 311 g/mol. The lowest BCUT2D eigenvalue weighted by Crippen LogP contribution is -2.46. The molecule has 1 fully saturated rings. The second kappa shape index (κ2) is 11.2. The van der Waals surface area contributed by atoms with Crippen LogP contribution in [0.15, 0.2) is 24.5 Å². The van der Waals surface area contributed by atoms with Gasteiger partial charge in [-0.1, -0.05) is 0 Å². The Labute approximate surface area is 133 Å². The van der Waals surface area contributed by atoms with E-state index in [1.54, 1.807) is 0 Å². The smallest absolute Gasteiger partial charge is 0.290 e. The van der Waals surface area contributed by atoms with E-state index in [2.05, 4.69) is 52.9 Å². The Kier molecular flexibility index (Phi) is 9.54. The van der Waals surface area contributed by atoms with Crippen LogP contribution in [-0.4, -0.2) is 78.4 Å². The standard InChI is InChI=1S/C15H27N3O.CH2O2/c1-15(18-10-12-19-13-11-18)14-16(2)6-5-9-17-7-3-4-8-17;2-1-3/h3-4,7-8,15H,5-6,9-14H2,1-2H3;1H,(H,2,3). The van der Waals surface area contributed by atoms with Crippen LogP contribution in [-0.2, 0) is 16.1 Å². The molecule has 1 aliphatic heterocycles. The van der Waals surface area contributed by atoms with Gasteiger partial charge in [0.25, 0.3) is 6.47 Å². The van der Waals surface area contributed by atoms with Crippen LogP contribution in [0.2, 0.25) is 0 Å². The molecule has 2 rings (SSSR count). The van der Waals surface area contributed by atoms with Crippen molar-refractivity contribution in [2.75, 3.05) is 46.4 Å². The van der Waals surface area contributed by atoms with Gasteiger partial charge in [0.15, 0.2) is 0 Å². The molecule has 0 amide bonds. The van der Waals surface area contributed by atoms with Crippen molar-refractivity contribution in [1.29, 1.82) is 0 Å². The van der Waals surface area contributed by atoms with Crippen molar-refractivity contribution >= 4 is 6.47 Å². The Morgan fingerprint density at radius 3 is 2.50 bits per heavy atom. The molecule has 2 heterocycles. The Balaban J connectivity index is 0.000000745. The van der Waals surface area contributed by atoms with E-state index in [1.807, 2.05) is 0 Å². The van der Waals surface area contributed by atoms with E-state index < -0.39 is 0 Å². The van der Waals surface area contributed by atoms with Crippen LogP contribution in [0.25, 0.3) is 0 Å². The summed E-state index contributed by atoms with van der Waals surface area (Å²) in [4.78, 5) is 13.3. The highest BCUT2D eigenvalue weighted by Crippen LogP contribution is 2.05. The van der Waals surface area contributed by atoms with E-state index in [0.29, 0.717) is 6.04 Å². The van der Waals surface area contributed by atoms with E-state index in [0.717, 1.165) is 45.9 Å². The third-order valence-corrected chi connectivity index (χ3v) is 3.87. The van der Waals surface area contributed by atoms with Crippen molar-refractivity contribution in [3.8, 4) is 0 Å². The predicted molar refractivity (Wildman–Crippen MR) is 87.1 cm³/mol. The van der Waals surface area contributed by atoms with E-state index in [9.17, 15) is 0 Å². The molecule has 1 aliphatic rings. The van der Waals surface area contributed by atoms with E-state index in [-0.39, 0.29) is 6.47 Å². The van der Waals surface area contributed by atoms with Crippen molar-refractivity contribution in [2.24, 2.45) is 0 Å². The van der Waals surface area contributed by atoms with Crippen LogP contribution in [0.1, 0.15) is 13.3 Å². The molecule has 0 aromatic carbocycles. The quantitative estimate of drug-likeness (QED) is 0.768. The Hall–Kier alpha value is -1.37. The lowest BCUT2D eigenvalue weighted by Gasteiger charge is -2.34. The third-order valence-electron chi connectivity index (χ3n) is 3.87. The van der Waals surface area contributed by atoms with Gasteiger partial charge >= 0.3 is 0 Å². The predicted octanol–water partition coefficient (Wildman–Crippen LogP) is 1.23. The maximum absolute atomic E-state index is 8.36. The number of carbonyl (C=O) groups is 1. The lowest BCUT2D eigenvalue weighted by atomic mass is 10.2. The Bertz CT molecular complexity index is 378. The van der Waals surface area contributed by atoms with Gasteiger partial charge in [-0.3, -0.25) is 9.69 Å². The fourth-order valence-corrected chi connectivity index (χ4v) is 2.72. The molecule has 1 N–H and O–H groups in total. The van der Waals surface area contributed by atoms with Crippen LogP contribution >= 0.6 is 0 Å². The van der Waals surface area contributed by atoms with Crippen LogP contribution in [0, 0.1) is 0 Å². The summed E-state index contributed by atoms with van der Waals surface area (Å²) in [6.45, 7) is 9.44. The summed E-state index contributed by atoms with van der Waals surface area (Å²) in [5, 5.41) is 6.89. The van der Waals surface area contributed by atoms with Crippen LogP contribution < -0.4 is 0 Å². The maximum atomic E-state index is 8.36. The number of rotatable bonds is 7. The van der Waals surface area contributed by atoms with E-state index in [4.69, 9.17) is 14.6 Å². The van der Waals surface area contributed by atoms with Crippen molar-refractivity contribution in [3.63, 3.8) is 0 Å². The summed E-state index contributed by atoms with van der Waals surface area (Å²) in [6.07, 6.45) is 5.48. The summed E-state index contributed by atoms with van der Waals surface area (Å²) >= 11 is 0. The first-order valence-corrected chi connectivity index (χ1v) is 7.86. The SMILES string of the molecule is CC(CN(C)CCCn1cccc1)N1CCOCC1.O=CO. The summed E-state index contributed by atoms with van der Waals surface area (Å²) in [5.41, 5.74) is 0. The summed E-state index contributed by atoms with van der Waals surface area (Å²) < 4.78 is 7.65. The lowest BCUT2D eigenvalue weighted by molar-refractivity contribution is -0.122. The number of aryl methyl sites for hydroxylation is 1. The first kappa shape index (κ1) is 18.7. The zero-order valence-electron chi connectivity index (χ0n) is 13.7. The van der Waals surface area contributed by atoms with Gasteiger partial charge in [0, 0.05) is 44.6 Å². The molecular weight excluding hydrogens is 282 g/mol. The number of hydrogen-bond acceptors (Lipinski definition) is 4. The molecule has 1 unspecified atom stereocenters. The Morgan fingerprint density at radius 2 is 1.91 bits per heavy atom. The number of nitrogens with zero attached hydrogens (tertiary/aromatic N) is 3. The maximum Gasteiger partial charge on any atom is 0.290 e. The molecule has 0 radical (unpaired) electrons. The van der Waals surface area contributed by atoms with Gasteiger partial charge in [0.05, 0.1) is 13.2 Å². The molecule has 126 valence electrons. The minimum atomic E-state index is -0.250. The van der Waals surface area contributed by atoms with Crippen LogP contribution in [0.4, 0.5) is 0 Å². The van der Waals surface area contributed by atoms with Gasteiger partial charge in [-0.2, -0.15) is 0 Å². The molecule has 6 heteroatoms. The number of likely N-dealkylation sites (N-methyl/N-ethyl adjacent to an activating group) is 1. The van der Waals surface area contributed by atoms with Crippen LogP contribution in [0.5, 0.6) is 0 Å². The van der Waals surface area contributed by atoms with Crippen LogP contribution in [0.3, 0.4) is 0 Å². The molecule has 0 spiro atoms. The van der Waals surface area contributed by atoms with Crippen molar-refractivity contribution in [3.05, 3.63) is 24.5 Å². The molecular formula is C16H29N3O3. The fourth-order valence-electron chi connectivity index (χ4n) is 2.72. The second-order valence-electron chi connectivity index (χ2n) is 5.64. The number of aromatic nitrogens is 1. The summed E-state index contributed by atoms with van der Waals surface area (Å²) in [7, 11) is 2.23. The van der Waals surface area contributed by atoms with Crippen molar-refractivity contribution < 1.29 is 14.6 Å². The molecule has 0 aliphatic carbocycles. The number of hydrogen-bond donors (Lipinski definition) is 1. The molecule has 22 heavy (non-hydrogen) atoms. The number of morpholine rings is 1. The molecule has 6 nitrogen and oxygen atoms in total. The first-order chi connectivity index (χ1) is 10.7. The summed E-state index contributed by atoms with van der Waals surface area (Å²) in [6, 6.07) is 4.80. The first-order valence-electron chi connectivity index (χ1n) is 7.86. The molecule has 1 saturated heterocycles. The monoisotopic (exact) mass is 311 g/mol. The van der Waals surface area contributed by atoms with Gasteiger partial charge in [-0.25, -0.2) is 0 Å². The number of ether oxygens (including phenoxy) is 1. The van der Waals surface area contributed by atoms with Gasteiger partial charge in [0.1, 0.15) is 0 Å². The largest absolute Gasteiger partial charge is 0.483 e. The minimum absolute atomic E-state index is 0.250. The van der Waals surface area contributed by atoms with E-state index in [1.165, 1.54) is 6.42 Å². The third kappa shape index (κ3) is 7.59. The normalized spacial score (nSPS) is 16.9. The Morgan fingerprint density at radius 1 is 1.32 bits per heavy atom. The van der Waals surface area contributed by atoms with Gasteiger partial charge < -0.3 is 19.3 Å². The summed E-state index contributed by atoms with van der Waals surface area (Å²) in [5.74, 6) is 0. The highest BCUT2D eigenvalue weighted by atomic mass is 16.5. The molecule has 0 saturated carbocycles. The zero-order chi connectivity index (χ0) is 16.2. The molecule has 1 aromatic rings. The zero-order valence-corrected chi connectivity index (χ0v) is 13.7. The van der Waals surface area contributed by atoms with Gasteiger partial charge in [-0.05, 0) is 39.1 Å². The highest BCUT2D eigenvalue weighted by Gasteiger charge is 2.17. The van der Waals surface area contributed by atoms with Gasteiger partial charge in [0.2, 0.25) is 0 Å². The minimum Gasteiger partial charge on any atom is -0.483 e. The molecule has 1 atom stereocenters. The van der Waals surface area contributed by atoms with Gasteiger partial charge in [-0.15, -0.1) is 0 Å². The van der Waals surface area contributed by atoms with E-state index >= 15 is 0 Å². The average Bonchev–Trinajstić information content (AvgIpc) is 3.02. The fraction of sp³-hybridized carbons (Fsp3) is 0.688. The van der Waals surface area contributed by atoms with Crippen molar-refractivity contribution in [2.45, 2.75) is 25.9 Å². The van der Waals surface area contributed by atoms with Crippen molar-refractivity contribution in [1.82, 2.24) is 14.4 Å². The molecule has 0 bridgehead atoms. The molecule has 1 aromatic heterocycles. The topological polar surface area (TPSA) is 57.9 Å².